The van der Waals surface area contributed by atoms with Gasteiger partial charge in [-0.2, -0.15) is 0 Å². The molecule has 0 aliphatic carbocycles. The molecule has 0 saturated carbocycles. The van der Waals surface area contributed by atoms with Gasteiger partial charge in [0.25, 0.3) is 0 Å². The minimum atomic E-state index is 0.456. The summed E-state index contributed by atoms with van der Waals surface area (Å²) in [6.45, 7) is 2.11. The van der Waals surface area contributed by atoms with Crippen molar-refractivity contribution >= 4 is 23.4 Å². The second kappa shape index (κ2) is 6.11. The quantitative estimate of drug-likeness (QED) is 0.533. The lowest BCUT2D eigenvalue weighted by molar-refractivity contribution is 0.843. The van der Waals surface area contributed by atoms with Crippen LogP contribution in [0.15, 0.2) is 46.7 Å². The third-order valence-electron chi connectivity index (χ3n) is 1.60. The van der Waals surface area contributed by atoms with E-state index in [1.807, 2.05) is 18.2 Å². The van der Waals surface area contributed by atoms with Crippen LogP contribution in [-0.4, -0.2) is 5.88 Å². The van der Waals surface area contributed by atoms with Crippen molar-refractivity contribution in [2.45, 2.75) is 11.8 Å². The molecular formula is C11H13ClS. The van der Waals surface area contributed by atoms with Crippen molar-refractivity contribution in [3.8, 4) is 0 Å². The summed E-state index contributed by atoms with van der Waals surface area (Å²) in [6.07, 6.45) is 2.13. The maximum absolute atomic E-state index is 5.67. The number of benzene rings is 1. The first-order valence-corrected chi connectivity index (χ1v) is 5.68. The topological polar surface area (TPSA) is 0 Å². The number of alkyl halides is 1. The summed E-state index contributed by atoms with van der Waals surface area (Å²) in [5.74, 6) is 1.14. The monoisotopic (exact) mass is 212 g/mol. The molecule has 0 aliphatic heterocycles. The number of hydrogen-bond donors (Lipinski definition) is 0. The summed E-state index contributed by atoms with van der Waals surface area (Å²) < 4.78 is 0. The van der Waals surface area contributed by atoms with Crippen LogP contribution in [0, 0.1) is 5.92 Å². The largest absolute Gasteiger partial charge is 0.126 e. The molecule has 1 rings (SSSR count). The van der Waals surface area contributed by atoms with Gasteiger partial charge in [0.1, 0.15) is 0 Å². The summed E-state index contributed by atoms with van der Waals surface area (Å²) in [7, 11) is 0. The van der Waals surface area contributed by atoms with Crippen LogP contribution in [0.3, 0.4) is 0 Å². The molecule has 0 fully saturated rings. The van der Waals surface area contributed by atoms with Crippen LogP contribution in [0.2, 0.25) is 0 Å². The van der Waals surface area contributed by atoms with Crippen molar-refractivity contribution in [3.05, 3.63) is 41.8 Å². The Morgan fingerprint density at radius 1 is 1.38 bits per heavy atom. The van der Waals surface area contributed by atoms with Gasteiger partial charge >= 0.3 is 0 Å². The highest BCUT2D eigenvalue weighted by Crippen LogP contribution is 2.18. The number of rotatable bonds is 4. The Morgan fingerprint density at radius 2 is 2.08 bits per heavy atom. The van der Waals surface area contributed by atoms with E-state index in [-0.39, 0.29) is 0 Å². The summed E-state index contributed by atoms with van der Waals surface area (Å²) in [5.41, 5.74) is 0. The van der Waals surface area contributed by atoms with Gasteiger partial charge in [0.05, 0.1) is 0 Å². The van der Waals surface area contributed by atoms with Gasteiger partial charge in [0.2, 0.25) is 0 Å². The standard InChI is InChI=1S/C11H13ClS/c1-10(9-12)7-8-13-11-5-3-2-4-6-11/h2-8,10H,9H2,1H3. The molecule has 0 saturated heterocycles. The predicted octanol–water partition coefficient (Wildman–Crippen LogP) is 4.17. The summed E-state index contributed by atoms with van der Waals surface area (Å²) in [4.78, 5) is 1.26. The van der Waals surface area contributed by atoms with Gasteiger partial charge in [0, 0.05) is 10.8 Å². The molecule has 1 unspecified atom stereocenters. The highest BCUT2D eigenvalue weighted by atomic mass is 35.5. The Hall–Kier alpha value is -0.400. The molecule has 13 heavy (non-hydrogen) atoms. The zero-order valence-electron chi connectivity index (χ0n) is 7.61. The Labute approximate surface area is 89.0 Å². The fourth-order valence-corrected chi connectivity index (χ4v) is 1.72. The van der Waals surface area contributed by atoms with E-state index in [1.165, 1.54) is 4.90 Å². The second-order valence-electron chi connectivity index (χ2n) is 2.89. The lowest BCUT2D eigenvalue weighted by atomic mass is 10.2. The van der Waals surface area contributed by atoms with Gasteiger partial charge in [-0.25, -0.2) is 0 Å². The first-order chi connectivity index (χ1) is 6.33. The van der Waals surface area contributed by atoms with Crippen molar-refractivity contribution in [2.75, 3.05) is 5.88 Å². The predicted molar refractivity (Wildman–Crippen MR) is 61.3 cm³/mol. The zero-order chi connectivity index (χ0) is 9.52. The van der Waals surface area contributed by atoms with Gasteiger partial charge < -0.3 is 0 Å². The van der Waals surface area contributed by atoms with E-state index in [0.29, 0.717) is 11.8 Å². The molecule has 0 heterocycles. The third kappa shape index (κ3) is 4.39. The molecule has 0 N–H and O–H groups in total. The van der Waals surface area contributed by atoms with Gasteiger partial charge in [0.15, 0.2) is 0 Å². The van der Waals surface area contributed by atoms with Crippen LogP contribution < -0.4 is 0 Å². The Kier molecular flexibility index (Phi) is 5.02. The molecule has 0 aliphatic rings. The molecule has 1 aromatic rings. The summed E-state index contributed by atoms with van der Waals surface area (Å²) in [5, 5.41) is 2.10. The molecule has 0 amide bonds. The van der Waals surface area contributed by atoms with Crippen molar-refractivity contribution < 1.29 is 0 Å². The van der Waals surface area contributed by atoms with E-state index < -0.39 is 0 Å². The van der Waals surface area contributed by atoms with Crippen molar-refractivity contribution in [1.82, 2.24) is 0 Å². The molecule has 0 spiro atoms. The van der Waals surface area contributed by atoms with Crippen molar-refractivity contribution in [3.63, 3.8) is 0 Å². The average Bonchev–Trinajstić information content (AvgIpc) is 2.19. The average molecular weight is 213 g/mol. The second-order valence-corrected chi connectivity index (χ2v) is 4.18. The normalized spacial score (nSPS) is 13.4. The van der Waals surface area contributed by atoms with E-state index in [9.17, 15) is 0 Å². The SMILES string of the molecule is CC(C=CSc1ccccc1)CCl. The minimum absolute atomic E-state index is 0.456. The fourth-order valence-electron chi connectivity index (χ4n) is 0.802. The highest BCUT2D eigenvalue weighted by Gasteiger charge is 1.92. The highest BCUT2D eigenvalue weighted by molar-refractivity contribution is 8.02. The number of hydrogen-bond acceptors (Lipinski definition) is 1. The van der Waals surface area contributed by atoms with E-state index in [1.54, 1.807) is 11.8 Å². The van der Waals surface area contributed by atoms with E-state index in [2.05, 4.69) is 30.5 Å². The Bertz CT molecular complexity index is 256. The molecule has 0 radical (unpaired) electrons. The summed E-state index contributed by atoms with van der Waals surface area (Å²) in [6, 6.07) is 10.3. The zero-order valence-corrected chi connectivity index (χ0v) is 9.18. The lowest BCUT2D eigenvalue weighted by Crippen LogP contribution is -1.87. The van der Waals surface area contributed by atoms with E-state index in [0.717, 1.165) is 0 Å². The molecule has 0 aromatic heterocycles. The van der Waals surface area contributed by atoms with Gasteiger partial charge in [-0.1, -0.05) is 43.0 Å². The maximum Gasteiger partial charge on any atom is 0.0283 e. The molecular weight excluding hydrogens is 200 g/mol. The fraction of sp³-hybridized carbons (Fsp3) is 0.273. The van der Waals surface area contributed by atoms with Crippen LogP contribution in [-0.2, 0) is 0 Å². The molecule has 0 bridgehead atoms. The van der Waals surface area contributed by atoms with Crippen LogP contribution >= 0.6 is 23.4 Å². The molecule has 70 valence electrons. The van der Waals surface area contributed by atoms with Crippen molar-refractivity contribution in [1.29, 1.82) is 0 Å². The summed E-state index contributed by atoms with van der Waals surface area (Å²) >= 11 is 7.40. The number of thioether (sulfide) groups is 1. The first-order valence-electron chi connectivity index (χ1n) is 4.27. The van der Waals surface area contributed by atoms with Gasteiger partial charge in [-0.15, -0.1) is 11.6 Å². The molecule has 2 heteroatoms. The van der Waals surface area contributed by atoms with Crippen molar-refractivity contribution in [2.24, 2.45) is 5.92 Å². The first kappa shape index (κ1) is 10.7. The van der Waals surface area contributed by atoms with Gasteiger partial charge in [-0.05, 0) is 23.5 Å². The third-order valence-corrected chi connectivity index (χ3v) is 2.92. The Morgan fingerprint density at radius 3 is 2.69 bits per heavy atom. The smallest absolute Gasteiger partial charge is 0.0283 e. The Balaban J connectivity index is 2.39. The van der Waals surface area contributed by atoms with Gasteiger partial charge in [-0.3, -0.25) is 0 Å². The number of allylic oxidation sites excluding steroid dienone is 1. The lowest BCUT2D eigenvalue weighted by Gasteiger charge is -1.98. The molecule has 1 atom stereocenters. The number of halogens is 1. The van der Waals surface area contributed by atoms with E-state index in [4.69, 9.17) is 11.6 Å². The van der Waals surface area contributed by atoms with Crippen LogP contribution in [0.1, 0.15) is 6.92 Å². The minimum Gasteiger partial charge on any atom is -0.126 e. The van der Waals surface area contributed by atoms with Crippen LogP contribution in [0.25, 0.3) is 0 Å². The molecule has 0 nitrogen and oxygen atoms in total. The molecule has 1 aromatic carbocycles. The van der Waals surface area contributed by atoms with Crippen LogP contribution in [0.5, 0.6) is 0 Å². The maximum atomic E-state index is 5.67. The van der Waals surface area contributed by atoms with Crippen LogP contribution in [0.4, 0.5) is 0 Å². The van der Waals surface area contributed by atoms with E-state index >= 15 is 0 Å².